The molecular formula is C14H21NO2. The van der Waals surface area contributed by atoms with E-state index in [2.05, 4.69) is 19.1 Å². The van der Waals surface area contributed by atoms with Gasteiger partial charge in [0.25, 0.3) is 0 Å². The average Bonchev–Trinajstić information content (AvgIpc) is 2.34. The molecule has 1 N–H and O–H groups in total. The molecule has 0 bridgehead atoms. The minimum Gasteiger partial charge on any atom is -0.480 e. The summed E-state index contributed by atoms with van der Waals surface area (Å²) >= 11 is 0. The summed E-state index contributed by atoms with van der Waals surface area (Å²) in [4.78, 5) is 12.6. The Labute approximate surface area is 103 Å². The van der Waals surface area contributed by atoms with E-state index >= 15 is 0 Å². The van der Waals surface area contributed by atoms with Crippen molar-refractivity contribution in [3.05, 3.63) is 29.8 Å². The number of hydrogen-bond acceptors (Lipinski definition) is 2. The number of carbonyl (C=O) groups is 1. The van der Waals surface area contributed by atoms with Crippen molar-refractivity contribution in [2.24, 2.45) is 0 Å². The van der Waals surface area contributed by atoms with Gasteiger partial charge in [-0.3, -0.25) is 4.79 Å². The maximum atomic E-state index is 10.7. The zero-order valence-electron chi connectivity index (χ0n) is 10.6. The number of aliphatic carboxylic acids is 1. The van der Waals surface area contributed by atoms with Crippen molar-refractivity contribution in [2.75, 3.05) is 18.0 Å². The van der Waals surface area contributed by atoms with Crippen LogP contribution in [0, 0.1) is 0 Å². The predicted molar refractivity (Wildman–Crippen MR) is 70.6 cm³/mol. The molecule has 0 unspecified atom stereocenters. The topological polar surface area (TPSA) is 40.5 Å². The molecule has 0 saturated heterocycles. The van der Waals surface area contributed by atoms with E-state index in [1.54, 1.807) is 0 Å². The number of likely N-dealkylation sites (N-methyl/N-ethyl adjacent to an activating group) is 1. The Balaban J connectivity index is 2.67. The van der Waals surface area contributed by atoms with Crippen molar-refractivity contribution >= 4 is 11.7 Å². The van der Waals surface area contributed by atoms with Crippen LogP contribution in [0.4, 0.5) is 5.69 Å². The van der Waals surface area contributed by atoms with Gasteiger partial charge in [-0.1, -0.05) is 25.5 Å². The molecule has 0 aliphatic carbocycles. The summed E-state index contributed by atoms with van der Waals surface area (Å²) in [5.74, 6) is -0.790. The average molecular weight is 235 g/mol. The zero-order valence-corrected chi connectivity index (χ0v) is 10.6. The Morgan fingerprint density at radius 2 is 1.88 bits per heavy atom. The highest BCUT2D eigenvalue weighted by molar-refractivity contribution is 5.73. The molecule has 0 spiro atoms. The highest BCUT2D eigenvalue weighted by Crippen LogP contribution is 2.16. The lowest BCUT2D eigenvalue weighted by molar-refractivity contribution is -0.135. The van der Waals surface area contributed by atoms with Crippen LogP contribution in [-0.2, 0) is 11.2 Å². The fraction of sp³-hybridized carbons (Fsp3) is 0.500. The maximum Gasteiger partial charge on any atom is 0.323 e. The molecular weight excluding hydrogens is 214 g/mol. The summed E-state index contributed by atoms with van der Waals surface area (Å²) in [6, 6.07) is 8.21. The smallest absolute Gasteiger partial charge is 0.323 e. The first-order chi connectivity index (χ1) is 8.17. The van der Waals surface area contributed by atoms with Crippen LogP contribution < -0.4 is 4.90 Å². The molecule has 0 amide bonds. The Morgan fingerprint density at radius 3 is 2.35 bits per heavy atom. The fourth-order valence-electron chi connectivity index (χ4n) is 1.80. The second-order valence-electron chi connectivity index (χ2n) is 4.18. The largest absolute Gasteiger partial charge is 0.480 e. The number of carboxylic acid groups (broad SMARTS) is 1. The second-order valence-corrected chi connectivity index (χ2v) is 4.18. The van der Waals surface area contributed by atoms with Gasteiger partial charge in [0.15, 0.2) is 0 Å². The molecule has 0 radical (unpaired) electrons. The van der Waals surface area contributed by atoms with Gasteiger partial charge in [-0.25, -0.2) is 0 Å². The number of aryl methyl sites for hydroxylation is 1. The number of rotatable bonds is 7. The minimum atomic E-state index is -0.790. The number of nitrogens with zero attached hydrogens (tertiary/aromatic N) is 1. The normalized spacial score (nSPS) is 10.2. The van der Waals surface area contributed by atoms with E-state index in [1.807, 2.05) is 24.0 Å². The third-order valence-corrected chi connectivity index (χ3v) is 2.83. The van der Waals surface area contributed by atoms with Crippen LogP contribution in [0.5, 0.6) is 0 Å². The van der Waals surface area contributed by atoms with Gasteiger partial charge in [-0.15, -0.1) is 0 Å². The van der Waals surface area contributed by atoms with Gasteiger partial charge >= 0.3 is 5.97 Å². The van der Waals surface area contributed by atoms with E-state index in [4.69, 9.17) is 5.11 Å². The summed E-state index contributed by atoms with van der Waals surface area (Å²) in [6.07, 6.45) is 3.50. The lowest BCUT2D eigenvalue weighted by Crippen LogP contribution is -2.29. The number of unbranched alkanes of at least 4 members (excludes halogenated alkanes) is 1. The lowest BCUT2D eigenvalue weighted by Gasteiger charge is -2.20. The third-order valence-electron chi connectivity index (χ3n) is 2.83. The Morgan fingerprint density at radius 1 is 1.24 bits per heavy atom. The van der Waals surface area contributed by atoms with Crippen LogP contribution in [-0.4, -0.2) is 24.2 Å². The Bertz CT molecular complexity index is 346. The highest BCUT2D eigenvalue weighted by atomic mass is 16.4. The molecule has 94 valence electrons. The molecule has 0 saturated carbocycles. The number of anilines is 1. The Kier molecular flexibility index (Phi) is 5.53. The summed E-state index contributed by atoms with van der Waals surface area (Å²) in [5.41, 5.74) is 2.30. The summed E-state index contributed by atoms with van der Waals surface area (Å²) < 4.78 is 0. The monoisotopic (exact) mass is 235 g/mol. The van der Waals surface area contributed by atoms with E-state index in [1.165, 1.54) is 18.4 Å². The molecule has 0 aliphatic heterocycles. The van der Waals surface area contributed by atoms with Crippen LogP contribution in [0.1, 0.15) is 32.3 Å². The summed E-state index contributed by atoms with van der Waals surface area (Å²) in [5, 5.41) is 8.81. The maximum absolute atomic E-state index is 10.7. The van der Waals surface area contributed by atoms with E-state index < -0.39 is 5.97 Å². The zero-order chi connectivity index (χ0) is 12.7. The molecule has 0 aliphatic rings. The molecule has 0 atom stereocenters. The van der Waals surface area contributed by atoms with Crippen LogP contribution in [0.15, 0.2) is 24.3 Å². The van der Waals surface area contributed by atoms with E-state index in [0.29, 0.717) is 6.54 Å². The molecule has 1 aromatic rings. The van der Waals surface area contributed by atoms with E-state index in [-0.39, 0.29) is 6.54 Å². The van der Waals surface area contributed by atoms with Gasteiger partial charge < -0.3 is 10.0 Å². The minimum absolute atomic E-state index is 0.0603. The Hall–Kier alpha value is -1.51. The first kappa shape index (κ1) is 13.6. The van der Waals surface area contributed by atoms with Crippen molar-refractivity contribution in [3.63, 3.8) is 0 Å². The van der Waals surface area contributed by atoms with Crippen LogP contribution >= 0.6 is 0 Å². The van der Waals surface area contributed by atoms with E-state index in [0.717, 1.165) is 12.1 Å². The third kappa shape index (κ3) is 4.47. The number of benzene rings is 1. The molecule has 3 nitrogen and oxygen atoms in total. The first-order valence-corrected chi connectivity index (χ1v) is 6.23. The molecule has 0 fully saturated rings. The first-order valence-electron chi connectivity index (χ1n) is 6.23. The molecule has 17 heavy (non-hydrogen) atoms. The second kappa shape index (κ2) is 6.94. The predicted octanol–water partition coefficient (Wildman–Crippen LogP) is 2.94. The standard InChI is InChI=1S/C14H21NO2/c1-3-5-6-12-7-9-13(10-8-12)15(4-2)11-14(16)17/h7-10H,3-6,11H2,1-2H3,(H,16,17). The van der Waals surface area contributed by atoms with Gasteiger partial charge in [-0.05, 0) is 37.5 Å². The van der Waals surface area contributed by atoms with Crippen molar-refractivity contribution in [2.45, 2.75) is 33.1 Å². The van der Waals surface area contributed by atoms with Crippen LogP contribution in [0.25, 0.3) is 0 Å². The van der Waals surface area contributed by atoms with Crippen molar-refractivity contribution in [1.82, 2.24) is 0 Å². The molecule has 0 heterocycles. The number of carboxylic acids is 1. The SMILES string of the molecule is CCCCc1ccc(N(CC)CC(=O)O)cc1. The van der Waals surface area contributed by atoms with Gasteiger partial charge in [0.2, 0.25) is 0 Å². The van der Waals surface area contributed by atoms with Gasteiger partial charge in [0, 0.05) is 12.2 Å². The molecule has 3 heteroatoms. The van der Waals surface area contributed by atoms with Crippen molar-refractivity contribution in [1.29, 1.82) is 0 Å². The van der Waals surface area contributed by atoms with Crippen molar-refractivity contribution < 1.29 is 9.90 Å². The molecule has 1 aromatic carbocycles. The van der Waals surface area contributed by atoms with Gasteiger partial charge in [0.05, 0.1) is 0 Å². The summed E-state index contributed by atoms with van der Waals surface area (Å²) in [7, 11) is 0. The van der Waals surface area contributed by atoms with Crippen molar-refractivity contribution in [3.8, 4) is 0 Å². The van der Waals surface area contributed by atoms with Gasteiger partial charge in [-0.2, -0.15) is 0 Å². The molecule has 1 rings (SSSR count). The van der Waals surface area contributed by atoms with E-state index in [9.17, 15) is 4.79 Å². The number of hydrogen-bond donors (Lipinski definition) is 1. The molecule has 0 aromatic heterocycles. The van der Waals surface area contributed by atoms with Gasteiger partial charge in [0.1, 0.15) is 6.54 Å². The van der Waals surface area contributed by atoms with Crippen LogP contribution in [0.3, 0.4) is 0 Å². The lowest BCUT2D eigenvalue weighted by atomic mass is 10.1. The highest BCUT2D eigenvalue weighted by Gasteiger charge is 2.08. The quantitative estimate of drug-likeness (QED) is 0.790. The fourth-order valence-corrected chi connectivity index (χ4v) is 1.80. The summed E-state index contributed by atoms with van der Waals surface area (Å²) in [6.45, 7) is 4.92. The van der Waals surface area contributed by atoms with Crippen LogP contribution in [0.2, 0.25) is 0 Å².